The number of rotatable bonds is 3. The molecule has 4 nitrogen and oxygen atoms in total. The zero-order chi connectivity index (χ0) is 13.3. The van der Waals surface area contributed by atoms with Crippen LogP contribution in [0, 0.1) is 5.41 Å². The van der Waals surface area contributed by atoms with Crippen LogP contribution in [0.2, 0.25) is 0 Å². The summed E-state index contributed by atoms with van der Waals surface area (Å²) in [6.45, 7) is 1.90. The summed E-state index contributed by atoms with van der Waals surface area (Å²) in [5, 5.41) is 0. The normalized spacial score (nSPS) is 24.6. The van der Waals surface area contributed by atoms with Crippen molar-refractivity contribution >= 4 is 29.0 Å². The lowest BCUT2D eigenvalue weighted by molar-refractivity contribution is -0.143. The molecule has 1 aliphatic heterocycles. The highest BCUT2D eigenvalue weighted by molar-refractivity contribution is 7.80. The Balaban J connectivity index is 2.26. The fourth-order valence-electron chi connectivity index (χ4n) is 3.26. The Bertz CT molecular complexity index is 388. The second-order valence-electron chi connectivity index (χ2n) is 5.41. The maximum atomic E-state index is 12.6. The lowest BCUT2D eigenvalue weighted by Crippen LogP contribution is -2.48. The van der Waals surface area contributed by atoms with Gasteiger partial charge in [-0.05, 0) is 19.3 Å². The van der Waals surface area contributed by atoms with Crippen LogP contribution < -0.4 is 5.73 Å². The molecule has 5 heteroatoms. The molecule has 2 fully saturated rings. The number of carbonyl (C=O) groups is 2. The quantitative estimate of drug-likeness (QED) is 0.626. The molecule has 0 aromatic rings. The first-order chi connectivity index (χ1) is 8.52. The van der Waals surface area contributed by atoms with E-state index in [0.29, 0.717) is 12.8 Å². The van der Waals surface area contributed by atoms with Crippen LogP contribution in [0.4, 0.5) is 0 Å². The van der Waals surface area contributed by atoms with Crippen LogP contribution in [0.5, 0.6) is 0 Å². The predicted octanol–water partition coefficient (Wildman–Crippen LogP) is 1.76. The molecule has 0 aromatic carbocycles. The van der Waals surface area contributed by atoms with Crippen molar-refractivity contribution < 1.29 is 9.59 Å². The van der Waals surface area contributed by atoms with Crippen molar-refractivity contribution in [2.75, 3.05) is 0 Å². The molecule has 2 aliphatic rings. The van der Waals surface area contributed by atoms with Crippen LogP contribution in [-0.2, 0) is 9.59 Å². The monoisotopic (exact) mass is 268 g/mol. The molecule has 0 bridgehead atoms. The van der Waals surface area contributed by atoms with Gasteiger partial charge < -0.3 is 5.73 Å². The number of nitrogens with zero attached hydrogens (tertiary/aromatic N) is 1. The maximum Gasteiger partial charge on any atom is 0.236 e. The number of amides is 2. The third-order valence-electron chi connectivity index (χ3n) is 4.27. The Morgan fingerprint density at radius 1 is 1.39 bits per heavy atom. The van der Waals surface area contributed by atoms with Gasteiger partial charge >= 0.3 is 0 Å². The van der Waals surface area contributed by atoms with Gasteiger partial charge in [-0.1, -0.05) is 38.4 Å². The molecule has 18 heavy (non-hydrogen) atoms. The van der Waals surface area contributed by atoms with Crippen LogP contribution in [0.25, 0.3) is 0 Å². The molecule has 0 radical (unpaired) electrons. The Morgan fingerprint density at radius 3 is 2.50 bits per heavy atom. The summed E-state index contributed by atoms with van der Waals surface area (Å²) in [5.41, 5.74) is 5.22. The molecule has 0 aromatic heterocycles. The summed E-state index contributed by atoms with van der Waals surface area (Å²) in [7, 11) is 0. The molecular weight excluding hydrogens is 248 g/mol. The minimum Gasteiger partial charge on any atom is -0.392 e. The molecule has 1 unspecified atom stereocenters. The molecule has 2 N–H and O–H groups in total. The SMILES string of the molecule is CCC(C(N)=S)N1C(=O)CC2(CCCCC2)C1=O. The van der Waals surface area contributed by atoms with Crippen molar-refractivity contribution in [1.29, 1.82) is 0 Å². The highest BCUT2D eigenvalue weighted by Gasteiger charge is 2.53. The Morgan fingerprint density at radius 2 is 2.00 bits per heavy atom. The number of hydrogen-bond acceptors (Lipinski definition) is 3. The van der Waals surface area contributed by atoms with E-state index in [1.54, 1.807) is 0 Å². The molecule has 1 saturated heterocycles. The first-order valence-electron chi connectivity index (χ1n) is 6.67. The van der Waals surface area contributed by atoms with E-state index in [4.69, 9.17) is 18.0 Å². The van der Waals surface area contributed by atoms with E-state index in [0.717, 1.165) is 32.1 Å². The third kappa shape index (κ3) is 2.05. The van der Waals surface area contributed by atoms with Gasteiger partial charge in [0.15, 0.2) is 0 Å². The highest BCUT2D eigenvalue weighted by atomic mass is 32.1. The smallest absolute Gasteiger partial charge is 0.236 e. The summed E-state index contributed by atoms with van der Waals surface area (Å²) in [6, 6.07) is -0.402. The van der Waals surface area contributed by atoms with Crippen molar-refractivity contribution in [2.45, 2.75) is 57.9 Å². The van der Waals surface area contributed by atoms with Gasteiger partial charge in [-0.25, -0.2) is 0 Å². The van der Waals surface area contributed by atoms with Gasteiger partial charge in [-0.3, -0.25) is 14.5 Å². The average molecular weight is 268 g/mol. The molecule has 2 amide bonds. The zero-order valence-electron chi connectivity index (χ0n) is 10.8. The summed E-state index contributed by atoms with van der Waals surface area (Å²) < 4.78 is 0. The fourth-order valence-corrected chi connectivity index (χ4v) is 3.54. The Kier molecular flexibility index (Phi) is 3.71. The summed E-state index contributed by atoms with van der Waals surface area (Å²) >= 11 is 4.98. The zero-order valence-corrected chi connectivity index (χ0v) is 11.6. The molecule has 1 saturated carbocycles. The third-order valence-corrected chi connectivity index (χ3v) is 4.54. The van der Waals surface area contributed by atoms with E-state index in [1.807, 2.05) is 6.92 Å². The van der Waals surface area contributed by atoms with Gasteiger partial charge in [-0.2, -0.15) is 0 Å². The molecular formula is C13H20N2O2S. The van der Waals surface area contributed by atoms with Gasteiger partial charge in [0.25, 0.3) is 0 Å². The van der Waals surface area contributed by atoms with Gasteiger partial charge in [0.2, 0.25) is 11.8 Å². The minimum absolute atomic E-state index is 0.0353. The second-order valence-corrected chi connectivity index (χ2v) is 5.88. The van der Waals surface area contributed by atoms with E-state index in [9.17, 15) is 9.59 Å². The van der Waals surface area contributed by atoms with Crippen molar-refractivity contribution in [2.24, 2.45) is 11.1 Å². The highest BCUT2D eigenvalue weighted by Crippen LogP contribution is 2.46. The van der Waals surface area contributed by atoms with Gasteiger partial charge in [0.05, 0.1) is 16.4 Å². The van der Waals surface area contributed by atoms with Crippen molar-refractivity contribution in [1.82, 2.24) is 4.90 Å². The van der Waals surface area contributed by atoms with Gasteiger partial charge in [0, 0.05) is 6.42 Å². The average Bonchev–Trinajstić information content (AvgIpc) is 2.55. The van der Waals surface area contributed by atoms with E-state index in [2.05, 4.69) is 0 Å². The number of thiocarbonyl (C=S) groups is 1. The number of hydrogen-bond donors (Lipinski definition) is 1. The van der Waals surface area contributed by atoms with Crippen molar-refractivity contribution in [3.8, 4) is 0 Å². The van der Waals surface area contributed by atoms with Crippen LogP contribution >= 0.6 is 12.2 Å². The molecule has 1 spiro atoms. The first-order valence-corrected chi connectivity index (χ1v) is 7.08. The largest absolute Gasteiger partial charge is 0.392 e. The van der Waals surface area contributed by atoms with E-state index in [-0.39, 0.29) is 16.8 Å². The van der Waals surface area contributed by atoms with E-state index >= 15 is 0 Å². The topological polar surface area (TPSA) is 63.4 Å². The molecule has 100 valence electrons. The molecule has 1 aliphatic carbocycles. The van der Waals surface area contributed by atoms with Crippen LogP contribution in [0.15, 0.2) is 0 Å². The lowest BCUT2D eigenvalue weighted by atomic mass is 9.73. The number of likely N-dealkylation sites (tertiary alicyclic amines) is 1. The van der Waals surface area contributed by atoms with E-state index in [1.165, 1.54) is 4.90 Å². The van der Waals surface area contributed by atoms with Crippen molar-refractivity contribution in [3.63, 3.8) is 0 Å². The number of carbonyl (C=O) groups excluding carboxylic acids is 2. The second kappa shape index (κ2) is 4.96. The standard InChI is InChI=1S/C13H20N2O2S/c1-2-9(11(14)18)15-10(16)8-13(12(15)17)6-4-3-5-7-13/h9H,2-8H2,1H3,(H2,14,18). The van der Waals surface area contributed by atoms with Crippen LogP contribution in [0.1, 0.15) is 51.9 Å². The van der Waals surface area contributed by atoms with Crippen LogP contribution in [0.3, 0.4) is 0 Å². The predicted molar refractivity (Wildman–Crippen MR) is 72.9 cm³/mol. The van der Waals surface area contributed by atoms with Gasteiger partial charge in [-0.15, -0.1) is 0 Å². The summed E-state index contributed by atoms with van der Waals surface area (Å²) in [6.07, 6.45) is 5.86. The molecule has 2 rings (SSSR count). The van der Waals surface area contributed by atoms with E-state index < -0.39 is 11.5 Å². The number of imide groups is 1. The summed E-state index contributed by atoms with van der Waals surface area (Å²) in [4.78, 5) is 26.3. The number of nitrogens with two attached hydrogens (primary N) is 1. The first kappa shape index (κ1) is 13.5. The summed E-state index contributed by atoms with van der Waals surface area (Å²) in [5.74, 6) is -0.131. The maximum absolute atomic E-state index is 12.6. The van der Waals surface area contributed by atoms with Crippen molar-refractivity contribution in [3.05, 3.63) is 0 Å². The molecule has 1 heterocycles. The van der Waals surface area contributed by atoms with Gasteiger partial charge in [0.1, 0.15) is 0 Å². The Labute approximate surface area is 113 Å². The molecule has 1 atom stereocenters. The lowest BCUT2D eigenvalue weighted by Gasteiger charge is -2.32. The Hall–Kier alpha value is -0.970. The minimum atomic E-state index is -0.437. The fraction of sp³-hybridized carbons (Fsp3) is 0.769. The van der Waals surface area contributed by atoms with Crippen LogP contribution in [-0.4, -0.2) is 27.7 Å².